The molecule has 1 aromatic rings. The van der Waals surface area contributed by atoms with Gasteiger partial charge in [-0.15, -0.1) is 0 Å². The first-order valence-electron chi connectivity index (χ1n) is 7.81. The summed E-state index contributed by atoms with van der Waals surface area (Å²) in [5, 5.41) is 6.41. The molecule has 3 atom stereocenters. The summed E-state index contributed by atoms with van der Waals surface area (Å²) in [6.45, 7) is 4.12. The minimum Gasteiger partial charge on any atom is -0.497 e. The van der Waals surface area contributed by atoms with Crippen molar-refractivity contribution in [3.8, 4) is 5.75 Å². The van der Waals surface area contributed by atoms with Crippen molar-refractivity contribution in [3.05, 3.63) is 24.3 Å². The molecule has 1 amide bonds. The maximum Gasteiger partial charge on any atom is 0.242 e. The van der Waals surface area contributed by atoms with E-state index in [4.69, 9.17) is 4.74 Å². The molecule has 1 fully saturated rings. The van der Waals surface area contributed by atoms with E-state index >= 15 is 0 Å². The monoisotopic (exact) mass is 290 g/mol. The third-order valence-corrected chi connectivity index (χ3v) is 4.29. The van der Waals surface area contributed by atoms with Crippen LogP contribution in [0.4, 0.5) is 5.69 Å². The van der Waals surface area contributed by atoms with Gasteiger partial charge in [-0.3, -0.25) is 4.79 Å². The number of amides is 1. The molecule has 1 saturated carbocycles. The van der Waals surface area contributed by atoms with Crippen LogP contribution in [0, 0.1) is 5.92 Å². The fourth-order valence-electron chi connectivity index (χ4n) is 2.87. The van der Waals surface area contributed by atoms with Gasteiger partial charge in [0, 0.05) is 17.8 Å². The van der Waals surface area contributed by atoms with Crippen LogP contribution in [0.15, 0.2) is 24.3 Å². The van der Waals surface area contributed by atoms with Crippen LogP contribution in [-0.2, 0) is 4.79 Å². The maximum absolute atomic E-state index is 12.3. The summed E-state index contributed by atoms with van der Waals surface area (Å²) in [6.07, 6.45) is 4.81. The van der Waals surface area contributed by atoms with E-state index in [1.54, 1.807) is 7.11 Å². The van der Waals surface area contributed by atoms with Crippen molar-refractivity contribution < 1.29 is 9.53 Å². The van der Waals surface area contributed by atoms with Gasteiger partial charge >= 0.3 is 0 Å². The molecule has 21 heavy (non-hydrogen) atoms. The van der Waals surface area contributed by atoms with Crippen LogP contribution in [-0.4, -0.2) is 25.1 Å². The van der Waals surface area contributed by atoms with Crippen molar-refractivity contribution in [1.29, 1.82) is 0 Å². The van der Waals surface area contributed by atoms with E-state index in [9.17, 15) is 4.79 Å². The first kappa shape index (κ1) is 15.7. The summed E-state index contributed by atoms with van der Waals surface area (Å²) < 4.78 is 5.19. The van der Waals surface area contributed by atoms with Crippen LogP contribution in [0.5, 0.6) is 5.75 Å². The highest BCUT2D eigenvalue weighted by molar-refractivity contribution is 5.84. The SMILES string of the molecule is COc1cccc(N[C@H](C)C(=O)N[C@H]2CCCC[C@H]2C)c1. The standard InChI is InChI=1S/C17H26N2O2/c1-12-7-4-5-10-16(12)19-17(20)13(2)18-14-8-6-9-15(11-14)21-3/h6,8-9,11-13,16,18H,4-5,7,10H2,1-3H3,(H,19,20)/t12-,13-,16+/m1/s1. The van der Waals surface area contributed by atoms with Crippen molar-refractivity contribution >= 4 is 11.6 Å². The second-order valence-corrected chi connectivity index (χ2v) is 5.97. The third-order valence-electron chi connectivity index (χ3n) is 4.29. The molecule has 2 N–H and O–H groups in total. The van der Waals surface area contributed by atoms with E-state index in [2.05, 4.69) is 17.6 Å². The van der Waals surface area contributed by atoms with Gasteiger partial charge in [-0.05, 0) is 37.8 Å². The predicted octanol–water partition coefficient (Wildman–Crippen LogP) is 3.19. The molecule has 4 heteroatoms. The van der Waals surface area contributed by atoms with E-state index in [-0.39, 0.29) is 11.9 Å². The number of benzene rings is 1. The first-order chi connectivity index (χ1) is 10.1. The molecular formula is C17H26N2O2. The summed E-state index contributed by atoms with van der Waals surface area (Å²) in [5.41, 5.74) is 0.897. The number of anilines is 1. The second-order valence-electron chi connectivity index (χ2n) is 5.97. The molecule has 4 nitrogen and oxygen atoms in total. The van der Waals surface area contributed by atoms with Crippen LogP contribution >= 0.6 is 0 Å². The van der Waals surface area contributed by atoms with Gasteiger partial charge in [0.15, 0.2) is 0 Å². The lowest BCUT2D eigenvalue weighted by Gasteiger charge is -2.30. The van der Waals surface area contributed by atoms with E-state index in [0.717, 1.165) is 17.9 Å². The Bertz CT molecular complexity index is 476. The quantitative estimate of drug-likeness (QED) is 0.875. The molecule has 1 aromatic carbocycles. The molecular weight excluding hydrogens is 264 g/mol. The topological polar surface area (TPSA) is 50.4 Å². The molecule has 0 aliphatic heterocycles. The van der Waals surface area contributed by atoms with Gasteiger partial charge < -0.3 is 15.4 Å². The average Bonchev–Trinajstić information content (AvgIpc) is 2.49. The van der Waals surface area contributed by atoms with Crippen LogP contribution in [0.25, 0.3) is 0 Å². The van der Waals surface area contributed by atoms with Crippen LogP contribution < -0.4 is 15.4 Å². The molecule has 0 aromatic heterocycles. The Hall–Kier alpha value is -1.71. The normalized spacial score (nSPS) is 23.2. The highest BCUT2D eigenvalue weighted by atomic mass is 16.5. The zero-order valence-corrected chi connectivity index (χ0v) is 13.2. The predicted molar refractivity (Wildman–Crippen MR) is 85.6 cm³/mol. The van der Waals surface area contributed by atoms with Crippen molar-refractivity contribution in [3.63, 3.8) is 0 Å². The van der Waals surface area contributed by atoms with Crippen molar-refractivity contribution in [2.75, 3.05) is 12.4 Å². The smallest absolute Gasteiger partial charge is 0.242 e. The Labute approximate surface area is 127 Å². The van der Waals surface area contributed by atoms with Gasteiger partial charge in [0.25, 0.3) is 0 Å². The van der Waals surface area contributed by atoms with E-state index in [1.165, 1.54) is 19.3 Å². The number of hydrogen-bond acceptors (Lipinski definition) is 3. The van der Waals surface area contributed by atoms with Crippen molar-refractivity contribution in [2.24, 2.45) is 5.92 Å². The van der Waals surface area contributed by atoms with Crippen molar-refractivity contribution in [2.45, 2.75) is 51.6 Å². The summed E-state index contributed by atoms with van der Waals surface area (Å²) in [5.74, 6) is 1.43. The van der Waals surface area contributed by atoms with E-state index in [0.29, 0.717) is 12.0 Å². The molecule has 2 rings (SSSR count). The van der Waals surface area contributed by atoms with Crippen LogP contribution in [0.2, 0.25) is 0 Å². The lowest BCUT2D eigenvalue weighted by Crippen LogP contribution is -2.46. The summed E-state index contributed by atoms with van der Waals surface area (Å²) in [6, 6.07) is 7.70. The number of carbonyl (C=O) groups excluding carboxylic acids is 1. The van der Waals surface area contributed by atoms with E-state index in [1.807, 2.05) is 31.2 Å². The van der Waals surface area contributed by atoms with Gasteiger partial charge in [0.05, 0.1) is 7.11 Å². The molecule has 0 radical (unpaired) electrons. The lowest BCUT2D eigenvalue weighted by molar-refractivity contribution is -0.122. The Kier molecular flexibility index (Phi) is 5.48. The summed E-state index contributed by atoms with van der Waals surface area (Å²) >= 11 is 0. The molecule has 0 bridgehead atoms. The molecule has 1 aliphatic carbocycles. The van der Waals surface area contributed by atoms with E-state index < -0.39 is 0 Å². The van der Waals surface area contributed by atoms with Gasteiger partial charge in [0.2, 0.25) is 5.91 Å². The van der Waals surface area contributed by atoms with Crippen molar-refractivity contribution in [1.82, 2.24) is 5.32 Å². The minimum absolute atomic E-state index is 0.0663. The van der Waals surface area contributed by atoms with Gasteiger partial charge in [-0.2, -0.15) is 0 Å². The maximum atomic E-state index is 12.3. The Balaban J connectivity index is 1.89. The second kappa shape index (κ2) is 7.34. The number of methoxy groups -OCH3 is 1. The Morgan fingerprint density at radius 1 is 1.33 bits per heavy atom. The highest BCUT2D eigenvalue weighted by Gasteiger charge is 2.24. The Morgan fingerprint density at radius 3 is 2.81 bits per heavy atom. The Morgan fingerprint density at radius 2 is 2.10 bits per heavy atom. The number of ether oxygens (including phenoxy) is 1. The van der Waals surface area contributed by atoms with Gasteiger partial charge in [0.1, 0.15) is 11.8 Å². The fraction of sp³-hybridized carbons (Fsp3) is 0.588. The number of nitrogens with one attached hydrogen (secondary N) is 2. The minimum atomic E-state index is -0.258. The summed E-state index contributed by atoms with van der Waals surface area (Å²) in [4.78, 5) is 12.3. The molecule has 1 aliphatic rings. The average molecular weight is 290 g/mol. The highest BCUT2D eigenvalue weighted by Crippen LogP contribution is 2.24. The molecule has 0 saturated heterocycles. The third kappa shape index (κ3) is 4.38. The zero-order chi connectivity index (χ0) is 15.2. The number of rotatable bonds is 5. The molecule has 0 unspecified atom stereocenters. The molecule has 0 spiro atoms. The van der Waals surface area contributed by atoms with Crippen LogP contribution in [0.3, 0.4) is 0 Å². The first-order valence-corrected chi connectivity index (χ1v) is 7.81. The number of carbonyl (C=O) groups is 1. The zero-order valence-electron chi connectivity index (χ0n) is 13.2. The number of hydrogen-bond donors (Lipinski definition) is 2. The van der Waals surface area contributed by atoms with Crippen LogP contribution in [0.1, 0.15) is 39.5 Å². The van der Waals surface area contributed by atoms with Gasteiger partial charge in [-0.1, -0.05) is 25.8 Å². The summed E-state index contributed by atoms with van der Waals surface area (Å²) in [7, 11) is 1.64. The molecule has 116 valence electrons. The fourth-order valence-corrected chi connectivity index (χ4v) is 2.87. The van der Waals surface area contributed by atoms with Gasteiger partial charge in [-0.25, -0.2) is 0 Å². The largest absolute Gasteiger partial charge is 0.497 e. The molecule has 0 heterocycles. The lowest BCUT2D eigenvalue weighted by atomic mass is 9.86.